The van der Waals surface area contributed by atoms with Crippen molar-refractivity contribution in [2.75, 3.05) is 5.32 Å². The number of rotatable bonds is 3. The summed E-state index contributed by atoms with van der Waals surface area (Å²) < 4.78 is 0. The van der Waals surface area contributed by atoms with Crippen LogP contribution in [-0.2, 0) is 0 Å². The van der Waals surface area contributed by atoms with Crippen LogP contribution >= 0.6 is 12.2 Å². The van der Waals surface area contributed by atoms with Crippen LogP contribution in [0.2, 0.25) is 0 Å². The quantitative estimate of drug-likeness (QED) is 0.332. The zero-order chi connectivity index (χ0) is 20.9. The fourth-order valence-electron chi connectivity index (χ4n) is 3.19. The van der Waals surface area contributed by atoms with E-state index in [9.17, 15) is 4.79 Å². The lowest BCUT2D eigenvalue weighted by Gasteiger charge is -2.14. The second-order valence-corrected chi connectivity index (χ2v) is 7.25. The van der Waals surface area contributed by atoms with Crippen LogP contribution in [0.3, 0.4) is 0 Å². The molecule has 1 aromatic heterocycles. The summed E-state index contributed by atoms with van der Waals surface area (Å²) in [7, 11) is 0. The molecule has 3 aromatic carbocycles. The zero-order valence-electron chi connectivity index (χ0n) is 16.3. The fourth-order valence-corrected chi connectivity index (χ4v) is 3.35. The van der Waals surface area contributed by atoms with Gasteiger partial charge in [0.1, 0.15) is 0 Å². The maximum Gasteiger partial charge on any atom is 0.270 e. The highest BCUT2D eigenvalue weighted by atomic mass is 32.1. The van der Waals surface area contributed by atoms with Gasteiger partial charge in [0.15, 0.2) is 5.11 Å². The monoisotopic (exact) mass is 412 g/mol. The van der Waals surface area contributed by atoms with E-state index in [1.807, 2.05) is 85.8 Å². The van der Waals surface area contributed by atoms with Crippen molar-refractivity contribution in [3.63, 3.8) is 0 Å². The van der Waals surface area contributed by atoms with Gasteiger partial charge in [-0.1, -0.05) is 60.7 Å². The van der Waals surface area contributed by atoms with Crippen molar-refractivity contribution in [1.82, 2.24) is 15.8 Å². The molecular formula is C24H20N4OS. The molecule has 0 atom stereocenters. The van der Waals surface area contributed by atoms with Gasteiger partial charge in [0.05, 0.1) is 16.8 Å². The summed E-state index contributed by atoms with van der Waals surface area (Å²) in [5, 5.41) is 4.13. The Morgan fingerprint density at radius 2 is 1.63 bits per heavy atom. The molecule has 3 N–H and O–H groups in total. The lowest BCUT2D eigenvalue weighted by atomic mass is 10.0. The molecule has 0 bridgehead atoms. The number of nitrogens with zero attached hydrogens (tertiary/aromatic N) is 1. The molecule has 1 heterocycles. The predicted molar refractivity (Wildman–Crippen MR) is 125 cm³/mol. The van der Waals surface area contributed by atoms with E-state index < -0.39 is 0 Å². The summed E-state index contributed by atoms with van der Waals surface area (Å²) in [5.41, 5.74) is 10.4. The number of hydrazine groups is 1. The van der Waals surface area contributed by atoms with Gasteiger partial charge < -0.3 is 5.32 Å². The minimum atomic E-state index is -0.292. The Balaban J connectivity index is 1.56. The number of thiocarbonyl (C=S) groups is 1. The first kappa shape index (κ1) is 19.5. The third-order valence-corrected chi connectivity index (χ3v) is 4.80. The van der Waals surface area contributed by atoms with Gasteiger partial charge in [-0.15, -0.1) is 0 Å². The van der Waals surface area contributed by atoms with Crippen LogP contribution in [0.15, 0.2) is 84.9 Å². The Labute approximate surface area is 180 Å². The Morgan fingerprint density at radius 3 is 2.43 bits per heavy atom. The molecule has 6 heteroatoms. The molecule has 4 aromatic rings. The first-order chi connectivity index (χ1) is 14.6. The zero-order valence-corrected chi connectivity index (χ0v) is 17.2. The minimum Gasteiger partial charge on any atom is -0.331 e. The first-order valence-electron chi connectivity index (χ1n) is 9.49. The highest BCUT2D eigenvalue weighted by Crippen LogP contribution is 2.24. The number of pyridine rings is 1. The van der Waals surface area contributed by atoms with E-state index in [4.69, 9.17) is 17.2 Å². The molecule has 30 heavy (non-hydrogen) atoms. The number of aryl methyl sites for hydroxylation is 1. The Kier molecular flexibility index (Phi) is 5.68. The van der Waals surface area contributed by atoms with Crippen molar-refractivity contribution >= 4 is 39.8 Å². The lowest BCUT2D eigenvalue weighted by Crippen LogP contribution is -2.43. The van der Waals surface area contributed by atoms with Gasteiger partial charge in [-0.2, -0.15) is 0 Å². The SMILES string of the molecule is Cc1cccc(NC(=S)NNC(=O)c2cc(-c3ccccc3)nc3ccccc23)c1. The molecule has 0 unspecified atom stereocenters. The average Bonchev–Trinajstić information content (AvgIpc) is 2.77. The van der Waals surface area contributed by atoms with Crippen LogP contribution in [0.25, 0.3) is 22.2 Å². The van der Waals surface area contributed by atoms with Gasteiger partial charge in [0, 0.05) is 16.6 Å². The standard InChI is InChI=1S/C24H20N4OS/c1-16-8-7-11-18(14-16)25-24(30)28-27-23(29)20-15-22(17-9-3-2-4-10-17)26-21-13-6-5-12-19(20)21/h2-15H,1H3,(H,27,29)(H2,25,28,30). The average molecular weight is 413 g/mol. The number of anilines is 1. The summed E-state index contributed by atoms with van der Waals surface area (Å²) in [6, 6.07) is 27.0. The number of nitrogens with one attached hydrogen (secondary N) is 3. The summed E-state index contributed by atoms with van der Waals surface area (Å²) in [4.78, 5) is 17.7. The largest absolute Gasteiger partial charge is 0.331 e. The van der Waals surface area contributed by atoms with Crippen molar-refractivity contribution in [3.05, 3.63) is 96.1 Å². The molecular weight excluding hydrogens is 392 g/mol. The van der Waals surface area contributed by atoms with Crippen molar-refractivity contribution in [2.45, 2.75) is 6.92 Å². The van der Waals surface area contributed by atoms with Crippen LogP contribution in [0.4, 0.5) is 5.69 Å². The Morgan fingerprint density at radius 1 is 0.867 bits per heavy atom. The highest BCUT2D eigenvalue weighted by Gasteiger charge is 2.14. The molecule has 0 aliphatic carbocycles. The number of amides is 1. The minimum absolute atomic E-state index is 0.292. The van der Waals surface area contributed by atoms with Crippen molar-refractivity contribution in [3.8, 4) is 11.3 Å². The van der Waals surface area contributed by atoms with Gasteiger partial charge in [-0.3, -0.25) is 15.6 Å². The molecule has 4 rings (SSSR count). The highest BCUT2D eigenvalue weighted by molar-refractivity contribution is 7.80. The Hall–Kier alpha value is -3.77. The number of fused-ring (bicyclic) bond motifs is 1. The van der Waals surface area contributed by atoms with E-state index in [-0.39, 0.29) is 5.91 Å². The van der Waals surface area contributed by atoms with E-state index in [2.05, 4.69) is 16.2 Å². The van der Waals surface area contributed by atoms with Gasteiger partial charge in [0.25, 0.3) is 5.91 Å². The normalized spacial score (nSPS) is 10.4. The van der Waals surface area contributed by atoms with Crippen LogP contribution in [0.1, 0.15) is 15.9 Å². The fraction of sp³-hybridized carbons (Fsp3) is 0.0417. The summed E-state index contributed by atoms with van der Waals surface area (Å²) >= 11 is 5.30. The number of hydrogen-bond acceptors (Lipinski definition) is 3. The molecule has 0 saturated carbocycles. The number of para-hydroxylation sites is 1. The molecule has 0 spiro atoms. The number of hydrogen-bond donors (Lipinski definition) is 3. The van der Waals surface area contributed by atoms with Crippen LogP contribution < -0.4 is 16.2 Å². The molecule has 5 nitrogen and oxygen atoms in total. The van der Waals surface area contributed by atoms with E-state index in [1.165, 1.54) is 0 Å². The van der Waals surface area contributed by atoms with Crippen molar-refractivity contribution in [2.24, 2.45) is 0 Å². The van der Waals surface area contributed by atoms with Gasteiger partial charge in [-0.05, 0) is 49.0 Å². The molecule has 0 saturated heterocycles. The van der Waals surface area contributed by atoms with E-state index in [1.54, 1.807) is 6.07 Å². The van der Waals surface area contributed by atoms with E-state index >= 15 is 0 Å². The van der Waals surface area contributed by atoms with Gasteiger partial charge in [-0.25, -0.2) is 4.98 Å². The summed E-state index contributed by atoms with van der Waals surface area (Å²) in [6.45, 7) is 2.00. The second kappa shape index (κ2) is 8.71. The molecule has 0 fully saturated rings. The van der Waals surface area contributed by atoms with E-state index in [0.29, 0.717) is 10.7 Å². The molecule has 0 aliphatic rings. The maximum absolute atomic E-state index is 13.0. The number of aromatic nitrogens is 1. The van der Waals surface area contributed by atoms with Gasteiger partial charge >= 0.3 is 0 Å². The third kappa shape index (κ3) is 4.45. The van der Waals surface area contributed by atoms with Crippen LogP contribution in [0, 0.1) is 6.92 Å². The van der Waals surface area contributed by atoms with E-state index in [0.717, 1.165) is 33.4 Å². The third-order valence-electron chi connectivity index (χ3n) is 4.60. The predicted octanol–water partition coefficient (Wildman–Crippen LogP) is 4.84. The summed E-state index contributed by atoms with van der Waals surface area (Å²) in [5.74, 6) is -0.292. The molecule has 0 radical (unpaired) electrons. The lowest BCUT2D eigenvalue weighted by molar-refractivity contribution is 0.0946. The number of benzene rings is 3. The number of carbonyl (C=O) groups is 1. The van der Waals surface area contributed by atoms with Crippen LogP contribution in [0.5, 0.6) is 0 Å². The van der Waals surface area contributed by atoms with Crippen molar-refractivity contribution < 1.29 is 4.79 Å². The maximum atomic E-state index is 13.0. The topological polar surface area (TPSA) is 66.0 Å². The molecule has 0 aliphatic heterocycles. The Bertz CT molecular complexity index is 1220. The summed E-state index contributed by atoms with van der Waals surface area (Å²) in [6.07, 6.45) is 0. The van der Waals surface area contributed by atoms with Gasteiger partial charge in [0.2, 0.25) is 0 Å². The first-order valence-corrected chi connectivity index (χ1v) is 9.90. The smallest absolute Gasteiger partial charge is 0.270 e. The molecule has 148 valence electrons. The number of carbonyl (C=O) groups excluding carboxylic acids is 1. The van der Waals surface area contributed by atoms with Crippen LogP contribution in [-0.4, -0.2) is 16.0 Å². The van der Waals surface area contributed by atoms with Crippen molar-refractivity contribution in [1.29, 1.82) is 0 Å². The molecule has 1 amide bonds. The second-order valence-electron chi connectivity index (χ2n) is 6.84.